The third-order valence-electron chi connectivity index (χ3n) is 2.39. The molecule has 2 rings (SSSR count). The molecule has 0 amide bonds. The van der Waals surface area contributed by atoms with Crippen LogP contribution in [-0.4, -0.2) is 0 Å². The number of para-hydroxylation sites is 1. The Bertz CT molecular complexity index is 573. The van der Waals surface area contributed by atoms with Crippen molar-refractivity contribution in [2.75, 3.05) is 0 Å². The molecule has 2 aromatic carbocycles. The summed E-state index contributed by atoms with van der Waals surface area (Å²) >= 11 is 0. The van der Waals surface area contributed by atoms with E-state index in [-0.39, 0.29) is 5.56 Å². The molecular weight excluding hydrogens is 234 g/mol. The second-order valence-electron chi connectivity index (χ2n) is 3.64. The fraction of sp³-hybridized carbons (Fsp3) is 0.0667. The number of rotatable bonds is 3. The molecule has 3 heteroatoms. The molecule has 0 spiro atoms. The topological polar surface area (TPSA) is 9.23 Å². The van der Waals surface area contributed by atoms with Crippen LogP contribution in [0, 0.1) is 24.0 Å². The highest BCUT2D eigenvalue weighted by molar-refractivity contribution is 5.30. The summed E-state index contributed by atoms with van der Waals surface area (Å²) < 4.78 is 31.9. The van der Waals surface area contributed by atoms with Gasteiger partial charge in [0, 0.05) is 11.6 Å². The molecule has 1 unspecified atom stereocenters. The summed E-state index contributed by atoms with van der Waals surface area (Å²) in [5.74, 6) is 1.51. The van der Waals surface area contributed by atoms with E-state index in [0.29, 0.717) is 5.75 Å². The number of terminal acetylenes is 1. The summed E-state index contributed by atoms with van der Waals surface area (Å²) in [5.41, 5.74) is 0.141. The molecule has 0 saturated heterocycles. The Morgan fingerprint density at radius 1 is 1.06 bits per heavy atom. The van der Waals surface area contributed by atoms with Crippen LogP contribution in [-0.2, 0) is 0 Å². The van der Waals surface area contributed by atoms with Gasteiger partial charge in [-0.3, -0.25) is 0 Å². The molecule has 0 radical (unpaired) electrons. The Morgan fingerprint density at radius 2 is 1.78 bits per heavy atom. The normalized spacial score (nSPS) is 11.6. The van der Waals surface area contributed by atoms with E-state index in [4.69, 9.17) is 11.2 Å². The summed E-state index contributed by atoms with van der Waals surface area (Å²) in [6.45, 7) is 0. The van der Waals surface area contributed by atoms with Gasteiger partial charge in [-0.25, -0.2) is 8.78 Å². The first-order valence-corrected chi connectivity index (χ1v) is 5.33. The van der Waals surface area contributed by atoms with Gasteiger partial charge >= 0.3 is 0 Å². The minimum atomic E-state index is -0.881. The van der Waals surface area contributed by atoms with Crippen molar-refractivity contribution in [3.05, 3.63) is 65.7 Å². The van der Waals surface area contributed by atoms with Crippen LogP contribution < -0.4 is 4.74 Å². The highest BCUT2D eigenvalue weighted by Gasteiger charge is 2.15. The molecule has 0 heterocycles. The van der Waals surface area contributed by atoms with Crippen molar-refractivity contribution in [3.8, 4) is 18.1 Å². The first-order valence-electron chi connectivity index (χ1n) is 5.33. The summed E-state index contributed by atoms with van der Waals surface area (Å²) in [7, 11) is 0. The molecule has 0 aromatic heterocycles. The molecule has 0 fully saturated rings. The zero-order chi connectivity index (χ0) is 13.0. The fourth-order valence-corrected chi connectivity index (χ4v) is 1.54. The largest absolute Gasteiger partial charge is 0.473 e. The predicted octanol–water partition coefficient (Wildman–Crippen LogP) is 3.72. The lowest BCUT2D eigenvalue weighted by molar-refractivity contribution is 0.259. The number of benzene rings is 2. The van der Waals surface area contributed by atoms with Crippen molar-refractivity contribution in [1.29, 1.82) is 0 Å². The molecule has 0 bridgehead atoms. The van der Waals surface area contributed by atoms with Gasteiger partial charge < -0.3 is 4.74 Å². The van der Waals surface area contributed by atoms with Crippen LogP contribution in [0.4, 0.5) is 8.78 Å². The minimum absolute atomic E-state index is 0.141. The lowest BCUT2D eigenvalue weighted by Crippen LogP contribution is -2.07. The van der Waals surface area contributed by atoms with Crippen LogP contribution in [0.5, 0.6) is 5.75 Å². The van der Waals surface area contributed by atoms with Crippen LogP contribution >= 0.6 is 0 Å². The van der Waals surface area contributed by atoms with E-state index < -0.39 is 17.7 Å². The standard InChI is InChI=1S/C15H10F2O/c1-2-15(18-12-6-4-3-5-7-12)13-9-8-11(16)10-14(13)17/h1,3-10,15H. The summed E-state index contributed by atoms with van der Waals surface area (Å²) in [6, 6.07) is 12.0. The van der Waals surface area contributed by atoms with Gasteiger partial charge in [0.1, 0.15) is 17.4 Å². The highest BCUT2D eigenvalue weighted by Crippen LogP contribution is 2.23. The molecule has 0 aliphatic rings. The highest BCUT2D eigenvalue weighted by atomic mass is 19.1. The van der Waals surface area contributed by atoms with Gasteiger partial charge in [0.2, 0.25) is 0 Å². The summed E-state index contributed by atoms with van der Waals surface area (Å²) in [5, 5.41) is 0. The smallest absolute Gasteiger partial charge is 0.186 e. The average Bonchev–Trinajstić information content (AvgIpc) is 2.38. The number of halogens is 2. The molecule has 0 aliphatic carbocycles. The molecular formula is C15H10F2O. The van der Waals surface area contributed by atoms with Crippen LogP contribution in [0.3, 0.4) is 0 Å². The lowest BCUT2D eigenvalue weighted by atomic mass is 10.1. The van der Waals surface area contributed by atoms with E-state index in [0.717, 1.165) is 12.1 Å². The Kier molecular flexibility index (Phi) is 3.59. The maximum atomic E-state index is 13.6. The van der Waals surface area contributed by atoms with E-state index in [1.807, 2.05) is 6.07 Å². The lowest BCUT2D eigenvalue weighted by Gasteiger charge is -2.14. The number of ether oxygens (including phenoxy) is 1. The zero-order valence-electron chi connectivity index (χ0n) is 9.44. The molecule has 2 aromatic rings. The third kappa shape index (κ3) is 2.67. The van der Waals surface area contributed by atoms with Gasteiger partial charge in [-0.15, -0.1) is 6.42 Å². The van der Waals surface area contributed by atoms with E-state index in [1.54, 1.807) is 24.3 Å². The predicted molar refractivity (Wildman–Crippen MR) is 65.0 cm³/mol. The molecule has 0 N–H and O–H groups in total. The van der Waals surface area contributed by atoms with Gasteiger partial charge in [0.15, 0.2) is 6.10 Å². The Morgan fingerprint density at radius 3 is 2.39 bits per heavy atom. The van der Waals surface area contributed by atoms with Crippen molar-refractivity contribution >= 4 is 0 Å². The molecule has 0 aliphatic heterocycles. The summed E-state index contributed by atoms with van der Waals surface area (Å²) in [4.78, 5) is 0. The van der Waals surface area contributed by atoms with E-state index in [2.05, 4.69) is 5.92 Å². The average molecular weight is 244 g/mol. The second kappa shape index (κ2) is 5.33. The third-order valence-corrected chi connectivity index (χ3v) is 2.39. The van der Waals surface area contributed by atoms with Gasteiger partial charge in [0.25, 0.3) is 0 Å². The first kappa shape index (κ1) is 12.1. The van der Waals surface area contributed by atoms with E-state index in [1.165, 1.54) is 6.07 Å². The van der Waals surface area contributed by atoms with Crippen molar-refractivity contribution in [1.82, 2.24) is 0 Å². The summed E-state index contributed by atoms with van der Waals surface area (Å²) in [6.07, 6.45) is 4.44. The molecule has 18 heavy (non-hydrogen) atoms. The van der Waals surface area contributed by atoms with Crippen molar-refractivity contribution in [3.63, 3.8) is 0 Å². The zero-order valence-corrected chi connectivity index (χ0v) is 9.44. The number of hydrogen-bond acceptors (Lipinski definition) is 1. The first-order chi connectivity index (χ1) is 8.70. The second-order valence-corrected chi connectivity index (χ2v) is 3.64. The molecule has 1 nitrogen and oxygen atoms in total. The van der Waals surface area contributed by atoms with Gasteiger partial charge in [-0.2, -0.15) is 0 Å². The van der Waals surface area contributed by atoms with Gasteiger partial charge in [-0.05, 0) is 24.3 Å². The van der Waals surface area contributed by atoms with Crippen LogP contribution in [0.2, 0.25) is 0 Å². The van der Waals surface area contributed by atoms with Gasteiger partial charge in [-0.1, -0.05) is 24.1 Å². The minimum Gasteiger partial charge on any atom is -0.473 e. The van der Waals surface area contributed by atoms with Gasteiger partial charge in [0.05, 0.1) is 0 Å². The Labute approximate surface area is 104 Å². The Hall–Kier alpha value is -2.34. The van der Waals surface area contributed by atoms with Crippen LogP contribution in [0.1, 0.15) is 11.7 Å². The monoisotopic (exact) mass is 244 g/mol. The quantitative estimate of drug-likeness (QED) is 0.748. The molecule has 0 saturated carbocycles. The number of hydrogen-bond donors (Lipinski definition) is 0. The SMILES string of the molecule is C#CC(Oc1ccccc1)c1ccc(F)cc1F. The van der Waals surface area contributed by atoms with Crippen molar-refractivity contribution < 1.29 is 13.5 Å². The van der Waals surface area contributed by atoms with E-state index >= 15 is 0 Å². The molecule has 1 atom stereocenters. The van der Waals surface area contributed by atoms with Crippen molar-refractivity contribution in [2.45, 2.75) is 6.10 Å². The fourth-order valence-electron chi connectivity index (χ4n) is 1.54. The molecule has 90 valence electrons. The van der Waals surface area contributed by atoms with Crippen molar-refractivity contribution in [2.24, 2.45) is 0 Å². The Balaban J connectivity index is 2.27. The van der Waals surface area contributed by atoms with Crippen LogP contribution in [0.15, 0.2) is 48.5 Å². The van der Waals surface area contributed by atoms with Crippen LogP contribution in [0.25, 0.3) is 0 Å². The maximum Gasteiger partial charge on any atom is 0.186 e. The maximum absolute atomic E-state index is 13.6. The van der Waals surface area contributed by atoms with E-state index in [9.17, 15) is 8.78 Å².